The lowest BCUT2D eigenvalue weighted by atomic mass is 10.0. The molecular weight excluding hydrogens is 401 g/mol. The van der Waals surface area contributed by atoms with Crippen molar-refractivity contribution < 1.29 is 19.8 Å². The number of benzene rings is 2. The second-order valence-electron chi connectivity index (χ2n) is 7.07. The van der Waals surface area contributed by atoms with E-state index in [0.717, 1.165) is 21.6 Å². The number of hydrogen-bond donors (Lipinski definition) is 2. The predicted octanol–water partition coefficient (Wildman–Crippen LogP) is 5.68. The first kappa shape index (κ1) is 22.1. The minimum Gasteiger partial charge on any atom is -0.480 e. The van der Waals surface area contributed by atoms with Crippen molar-refractivity contribution in [3.8, 4) is 11.1 Å². The molecule has 1 amide bonds. The zero-order valence-corrected chi connectivity index (χ0v) is 17.2. The van der Waals surface area contributed by atoms with Crippen LogP contribution in [0.25, 0.3) is 11.1 Å². The van der Waals surface area contributed by atoms with Crippen molar-refractivity contribution >= 4 is 35.3 Å². The third kappa shape index (κ3) is 6.14. The highest BCUT2D eigenvalue weighted by Gasteiger charge is 2.29. The Morgan fingerprint density at radius 3 is 2.18 bits per heavy atom. The Hall–Kier alpha value is -2.24. The fourth-order valence-corrected chi connectivity index (χ4v) is 3.60. The third-order valence-electron chi connectivity index (χ3n) is 4.37. The van der Waals surface area contributed by atoms with Crippen LogP contribution in [0.1, 0.15) is 25.8 Å². The number of nitrogens with zero attached hydrogens (tertiary/aromatic N) is 1. The van der Waals surface area contributed by atoms with Crippen LogP contribution in [0.4, 0.5) is 4.79 Å². The molecule has 0 aliphatic heterocycles. The van der Waals surface area contributed by atoms with Gasteiger partial charge in [-0.05, 0) is 53.6 Å². The number of carbonyl (C=O) groups is 2. The number of halogens is 2. The fraction of sp³-hybridized carbons (Fsp3) is 0.333. The van der Waals surface area contributed by atoms with Gasteiger partial charge in [0.2, 0.25) is 0 Å². The molecule has 5 nitrogen and oxygen atoms in total. The van der Waals surface area contributed by atoms with E-state index in [2.05, 4.69) is 0 Å². The van der Waals surface area contributed by atoms with E-state index in [1.54, 1.807) is 18.2 Å². The Balaban J connectivity index is 2.20. The molecular formula is C21H23Cl2NO4. The van der Waals surface area contributed by atoms with E-state index < -0.39 is 18.1 Å². The quantitative estimate of drug-likeness (QED) is 0.571. The number of aliphatic carboxylic acids is 1. The lowest BCUT2D eigenvalue weighted by Gasteiger charge is -2.27. The molecule has 0 fully saturated rings. The average Bonchev–Trinajstić information content (AvgIpc) is 2.59. The van der Waals surface area contributed by atoms with Gasteiger partial charge in [0.1, 0.15) is 6.04 Å². The summed E-state index contributed by atoms with van der Waals surface area (Å²) in [5.41, 5.74) is 2.66. The largest absolute Gasteiger partial charge is 0.480 e. The summed E-state index contributed by atoms with van der Waals surface area (Å²) < 4.78 is 0. The smallest absolute Gasteiger partial charge is 0.408 e. The average molecular weight is 424 g/mol. The summed E-state index contributed by atoms with van der Waals surface area (Å²) in [7, 11) is 0. The maximum absolute atomic E-state index is 11.6. The van der Waals surface area contributed by atoms with Gasteiger partial charge in [-0.2, -0.15) is 0 Å². The molecule has 28 heavy (non-hydrogen) atoms. The molecule has 0 spiro atoms. The zero-order chi connectivity index (χ0) is 20.8. The van der Waals surface area contributed by atoms with E-state index in [9.17, 15) is 19.8 Å². The molecule has 0 saturated carbocycles. The van der Waals surface area contributed by atoms with Crippen LogP contribution < -0.4 is 0 Å². The molecule has 2 aromatic carbocycles. The van der Waals surface area contributed by atoms with Gasteiger partial charge < -0.3 is 10.2 Å². The maximum Gasteiger partial charge on any atom is 0.408 e. The Labute approximate surface area is 174 Å². The Bertz CT molecular complexity index is 834. The van der Waals surface area contributed by atoms with Crippen LogP contribution in [-0.2, 0) is 11.2 Å². The molecule has 2 rings (SSSR count). The first-order chi connectivity index (χ1) is 13.2. The Kier molecular flexibility index (Phi) is 7.72. The Morgan fingerprint density at radius 1 is 1.00 bits per heavy atom. The molecule has 0 heterocycles. The van der Waals surface area contributed by atoms with Crippen molar-refractivity contribution in [3.63, 3.8) is 0 Å². The van der Waals surface area contributed by atoms with Crippen molar-refractivity contribution in [2.24, 2.45) is 5.92 Å². The van der Waals surface area contributed by atoms with E-state index in [4.69, 9.17) is 23.2 Å². The van der Waals surface area contributed by atoms with Crippen LogP contribution >= 0.6 is 23.2 Å². The minimum atomic E-state index is -1.23. The molecule has 2 aromatic rings. The first-order valence-corrected chi connectivity index (χ1v) is 9.70. The normalized spacial score (nSPS) is 12.0. The number of amides is 1. The van der Waals surface area contributed by atoms with Gasteiger partial charge in [-0.25, -0.2) is 9.59 Å². The molecule has 0 aliphatic rings. The van der Waals surface area contributed by atoms with E-state index in [0.29, 0.717) is 16.5 Å². The molecule has 1 unspecified atom stereocenters. The number of hydrogen-bond acceptors (Lipinski definition) is 2. The van der Waals surface area contributed by atoms with E-state index in [1.165, 1.54) is 0 Å². The zero-order valence-electron chi connectivity index (χ0n) is 15.7. The standard InChI is InChI=1S/C21H23Cl2NO4/c1-13(2)8-19(20(25)26)24(21(27)28)7-6-14-4-3-5-15(9-14)16-10-17(22)12-18(23)11-16/h3-5,9-13,19H,6-8H2,1-2H3,(H,25,26)(H,27,28). The van der Waals surface area contributed by atoms with Gasteiger partial charge in [0, 0.05) is 16.6 Å². The van der Waals surface area contributed by atoms with Crippen molar-refractivity contribution in [3.05, 3.63) is 58.1 Å². The molecule has 0 aromatic heterocycles. The molecule has 0 saturated heterocycles. The summed E-state index contributed by atoms with van der Waals surface area (Å²) in [5.74, 6) is -1.06. The molecule has 7 heteroatoms. The Morgan fingerprint density at radius 2 is 1.64 bits per heavy atom. The van der Waals surface area contributed by atoms with Gasteiger partial charge >= 0.3 is 12.1 Å². The topological polar surface area (TPSA) is 77.8 Å². The summed E-state index contributed by atoms with van der Waals surface area (Å²) >= 11 is 12.1. The highest BCUT2D eigenvalue weighted by molar-refractivity contribution is 6.35. The van der Waals surface area contributed by atoms with Crippen LogP contribution in [0.15, 0.2) is 42.5 Å². The highest BCUT2D eigenvalue weighted by Crippen LogP contribution is 2.28. The first-order valence-electron chi connectivity index (χ1n) is 8.95. The summed E-state index contributed by atoms with van der Waals surface area (Å²) in [6, 6.07) is 11.8. The monoisotopic (exact) mass is 423 g/mol. The molecule has 0 radical (unpaired) electrons. The van der Waals surface area contributed by atoms with Gasteiger partial charge in [0.25, 0.3) is 0 Å². The summed E-state index contributed by atoms with van der Waals surface area (Å²) in [4.78, 5) is 24.2. The van der Waals surface area contributed by atoms with Gasteiger partial charge in [-0.1, -0.05) is 61.3 Å². The summed E-state index contributed by atoms with van der Waals surface area (Å²) in [5, 5.41) is 20.0. The van der Waals surface area contributed by atoms with Crippen LogP contribution in [0.5, 0.6) is 0 Å². The van der Waals surface area contributed by atoms with Crippen molar-refractivity contribution in [2.45, 2.75) is 32.7 Å². The molecule has 1 atom stereocenters. The van der Waals surface area contributed by atoms with E-state index >= 15 is 0 Å². The summed E-state index contributed by atoms with van der Waals surface area (Å²) in [6.07, 6.45) is -0.565. The van der Waals surface area contributed by atoms with Gasteiger partial charge in [0.15, 0.2) is 0 Å². The fourth-order valence-electron chi connectivity index (χ4n) is 3.07. The van der Waals surface area contributed by atoms with E-state index in [-0.39, 0.29) is 18.9 Å². The number of carboxylic acid groups (broad SMARTS) is 2. The summed E-state index contributed by atoms with van der Waals surface area (Å²) in [6.45, 7) is 3.84. The number of carboxylic acids is 1. The van der Waals surface area contributed by atoms with Gasteiger partial charge in [-0.3, -0.25) is 4.90 Å². The lowest BCUT2D eigenvalue weighted by molar-refractivity contribution is -0.143. The predicted molar refractivity (Wildman–Crippen MR) is 111 cm³/mol. The van der Waals surface area contributed by atoms with Crippen LogP contribution in [-0.4, -0.2) is 39.8 Å². The molecule has 0 bridgehead atoms. The van der Waals surface area contributed by atoms with Gasteiger partial charge in [-0.15, -0.1) is 0 Å². The van der Waals surface area contributed by atoms with Crippen LogP contribution in [0, 0.1) is 5.92 Å². The van der Waals surface area contributed by atoms with E-state index in [1.807, 2.05) is 38.1 Å². The maximum atomic E-state index is 11.6. The highest BCUT2D eigenvalue weighted by atomic mass is 35.5. The lowest BCUT2D eigenvalue weighted by Crippen LogP contribution is -2.46. The van der Waals surface area contributed by atoms with Crippen LogP contribution in [0.3, 0.4) is 0 Å². The third-order valence-corrected chi connectivity index (χ3v) is 4.80. The minimum absolute atomic E-state index is 0.0684. The molecule has 0 aliphatic carbocycles. The number of rotatable bonds is 8. The van der Waals surface area contributed by atoms with Crippen LogP contribution in [0.2, 0.25) is 10.0 Å². The van der Waals surface area contributed by atoms with Crippen molar-refractivity contribution in [1.82, 2.24) is 4.90 Å². The van der Waals surface area contributed by atoms with Crippen molar-refractivity contribution in [1.29, 1.82) is 0 Å². The SMILES string of the molecule is CC(C)CC(C(=O)O)N(CCc1cccc(-c2cc(Cl)cc(Cl)c2)c1)C(=O)O. The molecule has 150 valence electrons. The van der Waals surface area contributed by atoms with Crippen molar-refractivity contribution in [2.75, 3.05) is 6.54 Å². The second kappa shape index (κ2) is 9.80. The van der Waals surface area contributed by atoms with Gasteiger partial charge in [0.05, 0.1) is 0 Å². The molecule has 2 N–H and O–H groups in total. The second-order valence-corrected chi connectivity index (χ2v) is 7.94.